The minimum absolute atomic E-state index is 0.0211. The molecule has 0 spiro atoms. The third-order valence-electron chi connectivity index (χ3n) is 3.31. The van der Waals surface area contributed by atoms with Crippen molar-refractivity contribution in [1.29, 1.82) is 0 Å². The average Bonchev–Trinajstić information content (AvgIpc) is 2.68. The Balaban J connectivity index is 2.38. The van der Waals surface area contributed by atoms with Gasteiger partial charge in [-0.05, 0) is 11.6 Å². The Kier molecular flexibility index (Phi) is 3.83. The number of ether oxygens (including phenoxy) is 1. The highest BCUT2D eigenvalue weighted by Gasteiger charge is 2.60. The van der Waals surface area contributed by atoms with E-state index in [1.54, 1.807) is 0 Å². The van der Waals surface area contributed by atoms with Crippen LogP contribution >= 0.6 is 0 Å². The first kappa shape index (κ1) is 15.2. The van der Waals surface area contributed by atoms with Gasteiger partial charge in [0.25, 0.3) is 0 Å². The molecule has 1 aromatic rings. The first-order chi connectivity index (χ1) is 9.85. The summed E-state index contributed by atoms with van der Waals surface area (Å²) in [5.41, 5.74) is 10.7. The number of anilines is 1. The lowest BCUT2D eigenvalue weighted by Crippen LogP contribution is -2.53. The van der Waals surface area contributed by atoms with Crippen LogP contribution in [0.1, 0.15) is 12.6 Å². The zero-order chi connectivity index (χ0) is 15.7. The number of nitrogens with zero attached hydrogens (tertiary/aromatic N) is 5. The van der Waals surface area contributed by atoms with E-state index in [1.165, 1.54) is 12.3 Å². The summed E-state index contributed by atoms with van der Waals surface area (Å²) in [6.07, 6.45) is -0.631. The minimum atomic E-state index is -2.98. The molecule has 0 radical (unpaired) electrons. The van der Waals surface area contributed by atoms with Crippen molar-refractivity contribution in [1.82, 2.24) is 9.55 Å². The van der Waals surface area contributed by atoms with Gasteiger partial charge in [0.15, 0.2) is 5.60 Å². The third-order valence-corrected chi connectivity index (χ3v) is 3.31. The van der Waals surface area contributed by atoms with Crippen LogP contribution in [0.4, 0.5) is 10.2 Å². The third kappa shape index (κ3) is 2.54. The van der Waals surface area contributed by atoms with Crippen molar-refractivity contribution in [3.8, 4) is 0 Å². The number of aliphatic hydroxyl groups excluding tert-OH is 1. The number of aliphatic hydroxyl groups is 2. The molecule has 1 aliphatic rings. The van der Waals surface area contributed by atoms with E-state index < -0.39 is 42.9 Å². The molecule has 1 aromatic heterocycles. The first-order valence-corrected chi connectivity index (χ1v) is 5.91. The van der Waals surface area contributed by atoms with Gasteiger partial charge in [-0.1, -0.05) is 5.11 Å². The summed E-state index contributed by atoms with van der Waals surface area (Å²) in [4.78, 5) is 17.6. The Bertz CT molecular complexity index is 643. The number of azide groups is 1. The van der Waals surface area contributed by atoms with Crippen molar-refractivity contribution in [3.63, 3.8) is 0 Å². The highest BCUT2D eigenvalue weighted by Crippen LogP contribution is 2.45. The number of alkyl halides is 1. The smallest absolute Gasteiger partial charge is 0.351 e. The molecule has 0 aliphatic carbocycles. The highest BCUT2D eigenvalue weighted by atomic mass is 19.2. The van der Waals surface area contributed by atoms with Crippen LogP contribution in [0.25, 0.3) is 10.4 Å². The molecule has 1 fully saturated rings. The maximum absolute atomic E-state index is 14.3. The van der Waals surface area contributed by atoms with Gasteiger partial charge in [-0.3, -0.25) is 4.57 Å². The van der Waals surface area contributed by atoms with E-state index in [0.29, 0.717) is 0 Å². The molecule has 0 unspecified atom stereocenters. The Morgan fingerprint density at radius 2 is 2.48 bits per heavy atom. The van der Waals surface area contributed by atoms with Crippen LogP contribution in [0.2, 0.25) is 0 Å². The van der Waals surface area contributed by atoms with Crippen molar-refractivity contribution in [2.24, 2.45) is 5.11 Å². The molecule has 1 aliphatic heterocycles. The minimum Gasteiger partial charge on any atom is -0.393 e. The second kappa shape index (κ2) is 5.30. The molecular formula is C10H13FN6O4. The monoisotopic (exact) mass is 300 g/mol. The van der Waals surface area contributed by atoms with Crippen LogP contribution in [0.3, 0.4) is 0 Å². The summed E-state index contributed by atoms with van der Waals surface area (Å²) in [5, 5.41) is 22.3. The fraction of sp³-hybridized carbons (Fsp3) is 0.600. The molecule has 3 atom stereocenters. The molecule has 0 saturated carbocycles. The highest BCUT2D eigenvalue weighted by molar-refractivity contribution is 5.23. The van der Waals surface area contributed by atoms with E-state index in [9.17, 15) is 19.4 Å². The topological polar surface area (TPSA) is 159 Å². The van der Waals surface area contributed by atoms with Gasteiger partial charge >= 0.3 is 5.69 Å². The molecule has 0 aromatic carbocycles. The Morgan fingerprint density at radius 3 is 3.05 bits per heavy atom. The zero-order valence-electron chi connectivity index (χ0n) is 10.8. The number of hydrogen-bond acceptors (Lipinski definition) is 7. The van der Waals surface area contributed by atoms with Crippen LogP contribution in [-0.4, -0.2) is 44.4 Å². The van der Waals surface area contributed by atoms with E-state index in [4.69, 9.17) is 16.0 Å². The SMILES string of the molecule is [N-]=[N+]=NC[C@]1(CO)O[C@@H](n2ccc(N)nc2=O)C[C@]1(O)F. The van der Waals surface area contributed by atoms with E-state index >= 15 is 0 Å². The molecule has 4 N–H and O–H groups in total. The number of aromatic nitrogens is 2. The molecule has 114 valence electrons. The van der Waals surface area contributed by atoms with Crippen molar-refractivity contribution in [3.05, 3.63) is 33.2 Å². The van der Waals surface area contributed by atoms with Gasteiger partial charge in [0, 0.05) is 11.1 Å². The van der Waals surface area contributed by atoms with E-state index in [2.05, 4.69) is 15.0 Å². The molecule has 21 heavy (non-hydrogen) atoms. The standard InChI is InChI=1S/C10H13FN6O4/c11-10(20)3-7(17-2-1-6(12)15-8(17)19)21-9(10,5-18)4-14-16-13/h1-2,7,18,20H,3-5H2,(H2,12,15,19)/t7-,9-,10-/m1/s1. The average molecular weight is 300 g/mol. The summed E-state index contributed by atoms with van der Waals surface area (Å²) < 4.78 is 20.5. The van der Waals surface area contributed by atoms with Crippen LogP contribution in [0.15, 0.2) is 22.2 Å². The number of halogens is 1. The number of hydrogen-bond donors (Lipinski definition) is 3. The lowest BCUT2D eigenvalue weighted by Gasteiger charge is -2.31. The summed E-state index contributed by atoms with van der Waals surface area (Å²) in [6.45, 7) is -1.58. The molecule has 2 rings (SSSR count). The van der Waals surface area contributed by atoms with Gasteiger partial charge in [0.2, 0.25) is 5.85 Å². The predicted molar refractivity (Wildman–Crippen MR) is 67.5 cm³/mol. The fourth-order valence-corrected chi connectivity index (χ4v) is 2.12. The molecule has 0 bridgehead atoms. The normalized spacial score (nSPS) is 31.9. The predicted octanol–water partition coefficient (Wildman–Crippen LogP) is -0.556. The molecule has 11 heteroatoms. The summed E-state index contributed by atoms with van der Waals surface area (Å²) in [6, 6.07) is 1.30. The Hall–Kier alpha value is -2.20. The second-order valence-electron chi connectivity index (χ2n) is 4.62. The molecular weight excluding hydrogens is 287 g/mol. The van der Waals surface area contributed by atoms with E-state index in [1.807, 2.05) is 0 Å². The van der Waals surface area contributed by atoms with Crippen molar-refractivity contribution < 1.29 is 19.3 Å². The molecule has 10 nitrogen and oxygen atoms in total. The summed E-state index contributed by atoms with van der Waals surface area (Å²) in [5.74, 6) is -3.01. The Labute approximate surface area is 117 Å². The van der Waals surface area contributed by atoms with Crippen molar-refractivity contribution in [2.45, 2.75) is 24.1 Å². The Morgan fingerprint density at radius 1 is 1.76 bits per heavy atom. The van der Waals surface area contributed by atoms with Crippen LogP contribution in [0, 0.1) is 0 Å². The van der Waals surface area contributed by atoms with E-state index in [0.717, 1.165) is 4.57 Å². The lowest BCUT2D eigenvalue weighted by molar-refractivity contribution is -0.212. The van der Waals surface area contributed by atoms with Crippen molar-refractivity contribution in [2.75, 3.05) is 18.9 Å². The maximum Gasteiger partial charge on any atom is 0.351 e. The van der Waals surface area contributed by atoms with Crippen LogP contribution in [0.5, 0.6) is 0 Å². The number of rotatable bonds is 4. The fourth-order valence-electron chi connectivity index (χ4n) is 2.12. The zero-order valence-corrected chi connectivity index (χ0v) is 10.8. The summed E-state index contributed by atoms with van der Waals surface area (Å²) in [7, 11) is 0. The van der Waals surface area contributed by atoms with Gasteiger partial charge in [-0.25, -0.2) is 9.18 Å². The second-order valence-corrected chi connectivity index (χ2v) is 4.62. The molecule has 1 saturated heterocycles. The molecule has 2 heterocycles. The van der Waals surface area contributed by atoms with Crippen molar-refractivity contribution >= 4 is 5.82 Å². The van der Waals surface area contributed by atoms with Crippen LogP contribution < -0.4 is 11.4 Å². The van der Waals surface area contributed by atoms with Crippen LogP contribution in [-0.2, 0) is 4.74 Å². The van der Waals surface area contributed by atoms with Gasteiger partial charge in [0.05, 0.1) is 19.6 Å². The van der Waals surface area contributed by atoms with Gasteiger partial charge in [-0.2, -0.15) is 4.98 Å². The number of nitrogen functional groups attached to an aromatic ring is 1. The number of nitrogens with two attached hydrogens (primary N) is 1. The molecule has 0 amide bonds. The van der Waals surface area contributed by atoms with Gasteiger partial charge < -0.3 is 20.7 Å². The summed E-state index contributed by atoms with van der Waals surface area (Å²) >= 11 is 0. The van der Waals surface area contributed by atoms with Gasteiger partial charge in [0.1, 0.15) is 12.0 Å². The first-order valence-electron chi connectivity index (χ1n) is 5.91. The van der Waals surface area contributed by atoms with Gasteiger partial charge in [-0.15, -0.1) is 0 Å². The maximum atomic E-state index is 14.3. The quantitative estimate of drug-likeness (QED) is 0.384. The lowest BCUT2D eigenvalue weighted by atomic mass is 9.95. The largest absolute Gasteiger partial charge is 0.393 e. The van der Waals surface area contributed by atoms with E-state index in [-0.39, 0.29) is 5.82 Å².